The summed E-state index contributed by atoms with van der Waals surface area (Å²) in [5, 5.41) is 15.1. The van der Waals surface area contributed by atoms with Gasteiger partial charge in [-0.15, -0.1) is 0 Å². The average molecular weight is 543 g/mol. The summed E-state index contributed by atoms with van der Waals surface area (Å²) in [4.78, 5) is 14.9. The summed E-state index contributed by atoms with van der Waals surface area (Å²) >= 11 is 0. The summed E-state index contributed by atoms with van der Waals surface area (Å²) in [5.74, 6) is 0.594. The fourth-order valence-corrected chi connectivity index (χ4v) is 4.83. The highest BCUT2D eigenvalue weighted by molar-refractivity contribution is 5.87. The van der Waals surface area contributed by atoms with E-state index in [1.54, 1.807) is 6.07 Å². The number of aromatic amines is 1. The molecule has 0 saturated carbocycles. The molecule has 6 nitrogen and oxygen atoms in total. The molecule has 4 aromatic rings. The average Bonchev–Trinajstić information content (AvgIpc) is 2.99. The van der Waals surface area contributed by atoms with E-state index >= 15 is 0 Å². The molecule has 0 saturated heterocycles. The lowest BCUT2D eigenvalue weighted by molar-refractivity contribution is 0.126. The van der Waals surface area contributed by atoms with Gasteiger partial charge in [0.1, 0.15) is 12.4 Å². The molecule has 0 unspecified atom stereocenters. The van der Waals surface area contributed by atoms with E-state index in [9.17, 15) is 9.90 Å². The molecule has 0 spiro atoms. The SMILES string of the molecule is O=c1ccc2c([C@@H](O)CNCCCCCCOCCCCc3ccccc3)ccc(OCc3ccccc3)c2[nH]1. The lowest BCUT2D eigenvalue weighted by Gasteiger charge is -2.17. The van der Waals surface area contributed by atoms with E-state index in [2.05, 4.69) is 40.6 Å². The van der Waals surface area contributed by atoms with Crippen molar-refractivity contribution in [3.05, 3.63) is 112 Å². The zero-order valence-electron chi connectivity index (χ0n) is 23.3. The molecule has 6 heteroatoms. The van der Waals surface area contributed by atoms with Crippen LogP contribution in [0.5, 0.6) is 5.75 Å². The smallest absolute Gasteiger partial charge is 0.248 e. The maximum Gasteiger partial charge on any atom is 0.248 e. The Balaban J connectivity index is 1.11. The first-order valence-electron chi connectivity index (χ1n) is 14.5. The maximum absolute atomic E-state index is 12.0. The van der Waals surface area contributed by atoms with E-state index in [1.165, 1.54) is 18.1 Å². The number of hydrogen-bond donors (Lipinski definition) is 3. The number of unbranched alkanes of at least 4 members (excludes halogenated alkanes) is 4. The molecule has 0 aliphatic rings. The third-order valence-electron chi connectivity index (χ3n) is 7.06. The fourth-order valence-electron chi connectivity index (χ4n) is 4.83. The molecule has 1 heterocycles. The van der Waals surface area contributed by atoms with Gasteiger partial charge in [0.2, 0.25) is 5.56 Å². The standard InChI is InChI=1S/C34H42N2O4/c37-31(25-35-22-10-1-2-11-23-39-24-12-9-15-27-13-5-3-6-14-27)29-18-20-32(34-30(29)19-21-33(38)36-34)40-26-28-16-7-4-8-17-28/h3-8,13-14,16-21,31,35,37H,1-2,9-12,15,22-26H2,(H,36,38)/t31-/m0/s1. The number of ether oxygens (including phenoxy) is 2. The summed E-state index contributed by atoms with van der Waals surface area (Å²) < 4.78 is 11.8. The predicted octanol–water partition coefficient (Wildman–Crippen LogP) is 6.33. The number of nitrogens with one attached hydrogen (secondary N) is 2. The summed E-state index contributed by atoms with van der Waals surface area (Å²) in [6, 6.07) is 27.5. The second kappa shape index (κ2) is 16.6. The summed E-state index contributed by atoms with van der Waals surface area (Å²) in [7, 11) is 0. The second-order valence-corrected chi connectivity index (χ2v) is 10.2. The zero-order valence-corrected chi connectivity index (χ0v) is 23.3. The summed E-state index contributed by atoms with van der Waals surface area (Å²) in [5.41, 5.74) is 3.63. The van der Waals surface area contributed by atoms with Crippen molar-refractivity contribution in [2.45, 2.75) is 57.7 Å². The molecule has 40 heavy (non-hydrogen) atoms. The highest BCUT2D eigenvalue weighted by atomic mass is 16.5. The molecule has 0 aliphatic heterocycles. The van der Waals surface area contributed by atoms with E-state index in [0.717, 1.165) is 74.8 Å². The molecular weight excluding hydrogens is 500 g/mol. The largest absolute Gasteiger partial charge is 0.487 e. The van der Waals surface area contributed by atoms with Gasteiger partial charge in [-0.3, -0.25) is 4.79 Å². The first-order chi connectivity index (χ1) is 19.7. The van der Waals surface area contributed by atoms with Crippen molar-refractivity contribution in [3.8, 4) is 5.75 Å². The number of aromatic nitrogens is 1. The third kappa shape index (κ3) is 9.63. The quantitative estimate of drug-likeness (QED) is 0.128. The molecule has 0 amide bonds. The summed E-state index contributed by atoms with van der Waals surface area (Å²) in [6.07, 6.45) is 7.14. The third-order valence-corrected chi connectivity index (χ3v) is 7.06. The van der Waals surface area contributed by atoms with Crippen molar-refractivity contribution in [1.82, 2.24) is 10.3 Å². The fraction of sp³-hybridized carbons (Fsp3) is 0.382. The van der Waals surface area contributed by atoms with Crippen LogP contribution in [0.15, 0.2) is 89.7 Å². The van der Waals surface area contributed by atoms with Crippen LogP contribution >= 0.6 is 0 Å². The first-order valence-corrected chi connectivity index (χ1v) is 14.5. The van der Waals surface area contributed by atoms with Gasteiger partial charge >= 0.3 is 0 Å². The lowest BCUT2D eigenvalue weighted by atomic mass is 10.0. The highest BCUT2D eigenvalue weighted by Gasteiger charge is 2.15. The number of aryl methyl sites for hydroxylation is 1. The molecular formula is C34H42N2O4. The molecule has 0 fully saturated rings. The maximum atomic E-state index is 12.0. The van der Waals surface area contributed by atoms with Crippen LogP contribution in [0.2, 0.25) is 0 Å². The predicted molar refractivity (Wildman–Crippen MR) is 162 cm³/mol. The van der Waals surface area contributed by atoms with Crippen LogP contribution < -0.4 is 15.6 Å². The van der Waals surface area contributed by atoms with Crippen molar-refractivity contribution in [3.63, 3.8) is 0 Å². The van der Waals surface area contributed by atoms with Gasteiger partial charge in [-0.25, -0.2) is 0 Å². The number of aliphatic hydroxyl groups excluding tert-OH is 1. The molecule has 0 bridgehead atoms. The Morgan fingerprint density at radius 1 is 0.750 bits per heavy atom. The van der Waals surface area contributed by atoms with Gasteiger partial charge in [-0.2, -0.15) is 0 Å². The minimum atomic E-state index is -0.688. The van der Waals surface area contributed by atoms with E-state index in [0.29, 0.717) is 24.4 Å². The molecule has 212 valence electrons. The molecule has 1 aromatic heterocycles. The number of H-pyrrole nitrogens is 1. The summed E-state index contributed by atoms with van der Waals surface area (Å²) in [6.45, 7) is 3.37. The minimum absolute atomic E-state index is 0.199. The number of fused-ring (bicyclic) bond motifs is 1. The van der Waals surface area contributed by atoms with Crippen LogP contribution in [-0.4, -0.2) is 36.4 Å². The molecule has 1 atom stereocenters. The Morgan fingerprint density at radius 2 is 1.45 bits per heavy atom. The van der Waals surface area contributed by atoms with Crippen molar-refractivity contribution >= 4 is 10.9 Å². The minimum Gasteiger partial charge on any atom is -0.487 e. The molecule has 0 aliphatic carbocycles. The van der Waals surface area contributed by atoms with Gasteiger partial charge in [-0.05, 0) is 67.5 Å². The Bertz CT molecular complexity index is 1320. The Morgan fingerprint density at radius 3 is 2.23 bits per heavy atom. The molecule has 3 aromatic carbocycles. The van der Waals surface area contributed by atoms with Gasteiger partial charge in [0, 0.05) is 31.2 Å². The van der Waals surface area contributed by atoms with E-state index in [-0.39, 0.29) is 5.56 Å². The van der Waals surface area contributed by atoms with Crippen LogP contribution in [0.1, 0.15) is 61.3 Å². The van der Waals surface area contributed by atoms with Crippen LogP contribution in [0, 0.1) is 0 Å². The van der Waals surface area contributed by atoms with Gasteiger partial charge in [-0.1, -0.05) is 79.6 Å². The Labute approximate surface area is 237 Å². The second-order valence-electron chi connectivity index (χ2n) is 10.2. The highest BCUT2D eigenvalue weighted by Crippen LogP contribution is 2.30. The Kier molecular flexibility index (Phi) is 12.3. The van der Waals surface area contributed by atoms with Crippen molar-refractivity contribution in [2.75, 3.05) is 26.3 Å². The molecule has 3 N–H and O–H groups in total. The van der Waals surface area contributed by atoms with Crippen molar-refractivity contribution < 1.29 is 14.6 Å². The number of pyridine rings is 1. The number of aliphatic hydroxyl groups is 1. The van der Waals surface area contributed by atoms with Crippen LogP contribution in [0.3, 0.4) is 0 Å². The van der Waals surface area contributed by atoms with Gasteiger partial charge in [0.25, 0.3) is 0 Å². The zero-order chi connectivity index (χ0) is 27.8. The number of hydrogen-bond acceptors (Lipinski definition) is 5. The lowest BCUT2D eigenvalue weighted by Crippen LogP contribution is -2.23. The van der Waals surface area contributed by atoms with Gasteiger partial charge < -0.3 is 24.9 Å². The van der Waals surface area contributed by atoms with Crippen LogP contribution in [-0.2, 0) is 17.8 Å². The van der Waals surface area contributed by atoms with Crippen molar-refractivity contribution in [1.29, 1.82) is 0 Å². The van der Waals surface area contributed by atoms with Gasteiger partial charge in [0.05, 0.1) is 11.6 Å². The van der Waals surface area contributed by atoms with E-state index < -0.39 is 6.10 Å². The normalized spacial score (nSPS) is 12.0. The van der Waals surface area contributed by atoms with Gasteiger partial charge in [0.15, 0.2) is 0 Å². The van der Waals surface area contributed by atoms with E-state index in [4.69, 9.17) is 9.47 Å². The topological polar surface area (TPSA) is 83.6 Å². The molecule has 0 radical (unpaired) electrons. The van der Waals surface area contributed by atoms with Crippen molar-refractivity contribution in [2.24, 2.45) is 0 Å². The van der Waals surface area contributed by atoms with E-state index in [1.807, 2.05) is 42.5 Å². The first kappa shape index (κ1) is 29.5. The number of benzene rings is 3. The monoisotopic (exact) mass is 542 g/mol. The Hall–Kier alpha value is -3.45. The number of rotatable bonds is 18. The molecule has 4 rings (SSSR count). The van der Waals surface area contributed by atoms with Crippen LogP contribution in [0.4, 0.5) is 0 Å². The van der Waals surface area contributed by atoms with Crippen LogP contribution in [0.25, 0.3) is 10.9 Å².